The topological polar surface area (TPSA) is 46.9 Å². The predicted molar refractivity (Wildman–Crippen MR) is 62.5 cm³/mol. The zero-order chi connectivity index (χ0) is 11.8. The molecule has 5 heteroatoms. The van der Waals surface area contributed by atoms with Gasteiger partial charge < -0.3 is 5.32 Å². The van der Waals surface area contributed by atoms with Crippen molar-refractivity contribution < 1.29 is 4.39 Å². The molecule has 0 unspecified atom stereocenters. The lowest BCUT2D eigenvalue weighted by atomic mass is 10.2. The highest BCUT2D eigenvalue weighted by molar-refractivity contribution is 5.77. The maximum absolute atomic E-state index is 13.1. The van der Waals surface area contributed by atoms with Gasteiger partial charge in [-0.25, -0.2) is 9.37 Å². The first-order chi connectivity index (χ1) is 8.25. The van der Waals surface area contributed by atoms with E-state index in [4.69, 9.17) is 0 Å². The van der Waals surface area contributed by atoms with Crippen LogP contribution in [-0.4, -0.2) is 22.6 Å². The van der Waals surface area contributed by atoms with Crippen LogP contribution in [0.1, 0.15) is 5.82 Å². The van der Waals surface area contributed by atoms with Crippen molar-refractivity contribution in [3.8, 4) is 0 Å². The fourth-order valence-corrected chi connectivity index (χ4v) is 2.18. The SMILES string of the molecule is O=c1c2ccc(F)cc2nc2n1CCNCC2. The van der Waals surface area contributed by atoms with E-state index in [1.54, 1.807) is 4.57 Å². The Morgan fingerprint density at radius 1 is 1.35 bits per heavy atom. The van der Waals surface area contributed by atoms with Gasteiger partial charge in [-0.05, 0) is 12.1 Å². The van der Waals surface area contributed by atoms with E-state index in [1.807, 2.05) is 0 Å². The van der Waals surface area contributed by atoms with Crippen LogP contribution in [0.4, 0.5) is 4.39 Å². The number of rotatable bonds is 0. The average molecular weight is 233 g/mol. The van der Waals surface area contributed by atoms with E-state index in [2.05, 4.69) is 10.3 Å². The molecule has 0 saturated heterocycles. The van der Waals surface area contributed by atoms with Crippen LogP contribution in [0.3, 0.4) is 0 Å². The minimum atomic E-state index is -0.360. The fourth-order valence-electron chi connectivity index (χ4n) is 2.18. The molecule has 3 rings (SSSR count). The number of hydrogen-bond acceptors (Lipinski definition) is 3. The van der Waals surface area contributed by atoms with Crippen LogP contribution in [0.25, 0.3) is 10.9 Å². The van der Waals surface area contributed by atoms with E-state index in [-0.39, 0.29) is 11.4 Å². The molecule has 0 spiro atoms. The van der Waals surface area contributed by atoms with Crippen molar-refractivity contribution >= 4 is 10.9 Å². The Morgan fingerprint density at radius 3 is 3.12 bits per heavy atom. The van der Waals surface area contributed by atoms with Crippen LogP contribution in [0, 0.1) is 5.82 Å². The van der Waals surface area contributed by atoms with Gasteiger partial charge in [-0.3, -0.25) is 9.36 Å². The van der Waals surface area contributed by atoms with Gasteiger partial charge in [-0.2, -0.15) is 0 Å². The van der Waals surface area contributed by atoms with Crippen molar-refractivity contribution in [1.29, 1.82) is 0 Å². The molecule has 0 radical (unpaired) electrons. The summed E-state index contributed by atoms with van der Waals surface area (Å²) in [7, 11) is 0. The molecule has 0 atom stereocenters. The van der Waals surface area contributed by atoms with Crippen molar-refractivity contribution in [3.63, 3.8) is 0 Å². The first-order valence-electron chi connectivity index (χ1n) is 5.65. The van der Waals surface area contributed by atoms with Gasteiger partial charge in [0.15, 0.2) is 0 Å². The molecule has 1 N–H and O–H groups in total. The average Bonchev–Trinajstić information content (AvgIpc) is 2.54. The largest absolute Gasteiger partial charge is 0.315 e. The summed E-state index contributed by atoms with van der Waals surface area (Å²) in [6.45, 7) is 2.18. The maximum Gasteiger partial charge on any atom is 0.261 e. The van der Waals surface area contributed by atoms with E-state index in [0.717, 1.165) is 18.9 Å². The third-order valence-electron chi connectivity index (χ3n) is 3.03. The van der Waals surface area contributed by atoms with E-state index >= 15 is 0 Å². The molecule has 4 nitrogen and oxygen atoms in total. The van der Waals surface area contributed by atoms with Gasteiger partial charge in [0.25, 0.3) is 5.56 Å². The normalized spacial score (nSPS) is 15.6. The number of nitrogens with one attached hydrogen (secondary N) is 1. The van der Waals surface area contributed by atoms with Gasteiger partial charge in [-0.1, -0.05) is 0 Å². The molecule has 0 saturated carbocycles. The summed E-state index contributed by atoms with van der Waals surface area (Å²) in [5.74, 6) is 0.374. The zero-order valence-electron chi connectivity index (χ0n) is 9.24. The lowest BCUT2D eigenvalue weighted by molar-refractivity contribution is 0.622. The Morgan fingerprint density at radius 2 is 2.24 bits per heavy atom. The molecular weight excluding hydrogens is 221 g/mol. The molecule has 0 amide bonds. The van der Waals surface area contributed by atoms with E-state index in [1.165, 1.54) is 18.2 Å². The highest BCUT2D eigenvalue weighted by atomic mass is 19.1. The third kappa shape index (κ3) is 1.72. The second kappa shape index (κ2) is 3.92. The Kier molecular flexibility index (Phi) is 2.40. The van der Waals surface area contributed by atoms with Gasteiger partial charge in [0, 0.05) is 32.1 Å². The molecule has 88 valence electrons. The smallest absolute Gasteiger partial charge is 0.261 e. The Balaban J connectivity index is 2.33. The number of fused-ring (bicyclic) bond motifs is 2. The second-order valence-electron chi connectivity index (χ2n) is 4.15. The highest BCUT2D eigenvalue weighted by Gasteiger charge is 2.13. The third-order valence-corrected chi connectivity index (χ3v) is 3.03. The minimum absolute atomic E-state index is 0.0753. The second-order valence-corrected chi connectivity index (χ2v) is 4.15. The molecule has 17 heavy (non-hydrogen) atoms. The molecule has 2 aromatic rings. The maximum atomic E-state index is 13.1. The minimum Gasteiger partial charge on any atom is -0.315 e. The Labute approximate surface area is 97.1 Å². The van der Waals surface area contributed by atoms with Gasteiger partial charge in [0.1, 0.15) is 11.6 Å². The summed E-state index contributed by atoms with van der Waals surface area (Å²) in [5, 5.41) is 3.70. The van der Waals surface area contributed by atoms with Crippen LogP contribution in [0.2, 0.25) is 0 Å². The van der Waals surface area contributed by atoms with Crippen LogP contribution < -0.4 is 10.9 Å². The first kappa shape index (κ1) is 10.4. The number of benzene rings is 1. The summed E-state index contributed by atoms with van der Waals surface area (Å²) >= 11 is 0. The zero-order valence-corrected chi connectivity index (χ0v) is 9.24. The van der Waals surface area contributed by atoms with Gasteiger partial charge in [0.2, 0.25) is 0 Å². The van der Waals surface area contributed by atoms with E-state index in [9.17, 15) is 9.18 Å². The summed E-state index contributed by atoms with van der Waals surface area (Å²) in [5.41, 5.74) is 0.372. The first-order valence-corrected chi connectivity index (χ1v) is 5.65. The van der Waals surface area contributed by atoms with Crippen LogP contribution in [0.15, 0.2) is 23.0 Å². The van der Waals surface area contributed by atoms with E-state index < -0.39 is 0 Å². The monoisotopic (exact) mass is 233 g/mol. The summed E-state index contributed by atoms with van der Waals surface area (Å²) < 4.78 is 14.8. The Bertz CT molecular complexity index is 635. The molecule has 0 fully saturated rings. The molecular formula is C12H12FN3O. The van der Waals surface area contributed by atoms with Crippen molar-refractivity contribution in [2.75, 3.05) is 13.1 Å². The van der Waals surface area contributed by atoms with Crippen molar-refractivity contribution in [2.45, 2.75) is 13.0 Å². The van der Waals surface area contributed by atoms with E-state index in [0.29, 0.717) is 23.9 Å². The van der Waals surface area contributed by atoms with Crippen LogP contribution >= 0.6 is 0 Å². The summed E-state index contributed by atoms with van der Waals surface area (Å²) in [4.78, 5) is 16.6. The fraction of sp³-hybridized carbons (Fsp3) is 0.333. The van der Waals surface area contributed by atoms with Crippen molar-refractivity contribution in [1.82, 2.24) is 14.9 Å². The van der Waals surface area contributed by atoms with Gasteiger partial charge >= 0.3 is 0 Å². The Hall–Kier alpha value is -1.75. The van der Waals surface area contributed by atoms with Crippen molar-refractivity contribution in [2.24, 2.45) is 0 Å². The molecule has 1 aliphatic heterocycles. The number of halogens is 1. The highest BCUT2D eigenvalue weighted by Crippen LogP contribution is 2.11. The van der Waals surface area contributed by atoms with Crippen LogP contribution in [-0.2, 0) is 13.0 Å². The lowest BCUT2D eigenvalue weighted by Crippen LogP contribution is -2.26. The van der Waals surface area contributed by atoms with Crippen molar-refractivity contribution in [3.05, 3.63) is 40.2 Å². The summed E-state index contributed by atoms with van der Waals surface area (Å²) in [6.07, 6.45) is 0.696. The summed E-state index contributed by atoms with van der Waals surface area (Å²) in [6, 6.07) is 4.12. The quantitative estimate of drug-likeness (QED) is 0.728. The molecule has 1 aromatic carbocycles. The predicted octanol–water partition coefficient (Wildman–Crippen LogP) is 0.681. The molecule has 2 heterocycles. The van der Waals surface area contributed by atoms with Crippen LogP contribution in [0.5, 0.6) is 0 Å². The number of nitrogens with zero attached hydrogens (tertiary/aromatic N) is 2. The number of hydrogen-bond donors (Lipinski definition) is 1. The molecule has 1 aromatic heterocycles. The number of aromatic nitrogens is 2. The standard InChI is InChI=1S/C12H12FN3O/c13-8-1-2-9-10(7-8)15-11-3-4-14-5-6-16(11)12(9)17/h1-2,7,14H,3-6H2. The molecule has 1 aliphatic rings. The van der Waals surface area contributed by atoms with Gasteiger partial charge in [0.05, 0.1) is 10.9 Å². The van der Waals surface area contributed by atoms with Gasteiger partial charge in [-0.15, -0.1) is 0 Å². The lowest BCUT2D eigenvalue weighted by Gasteiger charge is -2.09. The molecule has 0 bridgehead atoms. The molecule has 0 aliphatic carbocycles.